The minimum atomic E-state index is -0.192. The van der Waals surface area contributed by atoms with Gasteiger partial charge in [0.2, 0.25) is 5.91 Å². The van der Waals surface area contributed by atoms with Crippen molar-refractivity contribution < 1.29 is 9.59 Å². The third kappa shape index (κ3) is 5.66. The molecular weight excluding hydrogens is 346 g/mol. The van der Waals surface area contributed by atoms with Gasteiger partial charge in [-0.25, -0.2) is 4.98 Å². The van der Waals surface area contributed by atoms with Crippen LogP contribution in [0.15, 0.2) is 35.7 Å². The molecule has 2 N–H and O–H groups in total. The number of carbonyl (C=O) groups is 2. The summed E-state index contributed by atoms with van der Waals surface area (Å²) in [5.41, 5.74) is 1.27. The Morgan fingerprint density at radius 2 is 1.92 bits per heavy atom. The Balaban J connectivity index is 1.38. The van der Waals surface area contributed by atoms with E-state index in [1.165, 1.54) is 43.4 Å². The topological polar surface area (TPSA) is 71.1 Å². The van der Waals surface area contributed by atoms with E-state index < -0.39 is 0 Å². The fraction of sp³-hybridized carbons (Fsp3) is 0.450. The maximum atomic E-state index is 12.1. The molecule has 1 heterocycles. The summed E-state index contributed by atoms with van der Waals surface area (Å²) in [6, 6.07) is 9.01. The third-order valence-corrected chi connectivity index (χ3v) is 5.54. The van der Waals surface area contributed by atoms with Gasteiger partial charge in [-0.15, -0.1) is 11.3 Å². The minimum Gasteiger partial charge on any atom is -0.356 e. The Morgan fingerprint density at radius 1 is 1.15 bits per heavy atom. The van der Waals surface area contributed by atoms with Gasteiger partial charge in [0.05, 0.1) is 12.1 Å². The second-order valence-electron chi connectivity index (χ2n) is 6.78. The van der Waals surface area contributed by atoms with Gasteiger partial charge in [0.1, 0.15) is 0 Å². The van der Waals surface area contributed by atoms with Crippen LogP contribution in [0.3, 0.4) is 0 Å². The van der Waals surface area contributed by atoms with Crippen LogP contribution >= 0.6 is 11.3 Å². The summed E-state index contributed by atoms with van der Waals surface area (Å²) in [5.74, 6) is 0.659. The second-order valence-corrected chi connectivity index (χ2v) is 7.64. The highest BCUT2D eigenvalue weighted by Gasteiger charge is 2.14. The third-order valence-electron chi connectivity index (χ3n) is 4.74. The van der Waals surface area contributed by atoms with Gasteiger partial charge in [0, 0.05) is 17.5 Å². The van der Waals surface area contributed by atoms with E-state index in [1.54, 1.807) is 12.1 Å². The van der Waals surface area contributed by atoms with Crippen molar-refractivity contribution in [2.24, 2.45) is 5.92 Å². The van der Waals surface area contributed by atoms with Crippen LogP contribution in [-0.4, -0.2) is 23.3 Å². The van der Waals surface area contributed by atoms with Gasteiger partial charge in [-0.2, -0.15) is 0 Å². The number of anilines is 1. The second kappa shape index (κ2) is 9.48. The lowest BCUT2D eigenvalue weighted by Crippen LogP contribution is -2.26. The van der Waals surface area contributed by atoms with Crippen LogP contribution in [0.1, 0.15) is 54.6 Å². The van der Waals surface area contributed by atoms with Crippen molar-refractivity contribution in [3.8, 4) is 0 Å². The molecule has 2 aromatic rings. The lowest BCUT2D eigenvalue weighted by Gasteiger charge is -2.08. The van der Waals surface area contributed by atoms with Gasteiger partial charge in [0.25, 0.3) is 5.91 Å². The number of thiazole rings is 1. The molecule has 0 spiro atoms. The first-order valence-electron chi connectivity index (χ1n) is 9.28. The normalized spacial score (nSPS) is 14.3. The van der Waals surface area contributed by atoms with Crippen LogP contribution in [-0.2, 0) is 11.2 Å². The molecule has 0 radical (unpaired) electrons. The number of hydrogen-bond donors (Lipinski definition) is 2. The molecule has 1 aromatic heterocycles. The van der Waals surface area contributed by atoms with Gasteiger partial charge in [-0.1, -0.05) is 43.9 Å². The first-order chi connectivity index (χ1) is 12.7. The van der Waals surface area contributed by atoms with E-state index in [4.69, 9.17) is 0 Å². The molecule has 0 saturated heterocycles. The summed E-state index contributed by atoms with van der Waals surface area (Å²) >= 11 is 1.34. The number of rotatable bonds is 8. The SMILES string of the molecule is O=C(Cc1csc(NC(=O)c2ccccc2)n1)NCCCC1CCCC1. The quantitative estimate of drug-likeness (QED) is 0.688. The van der Waals surface area contributed by atoms with E-state index in [0.29, 0.717) is 16.4 Å². The lowest BCUT2D eigenvalue weighted by atomic mass is 10.0. The maximum absolute atomic E-state index is 12.1. The standard InChI is InChI=1S/C20H25N3O2S/c24-18(21-12-6-9-15-7-4-5-8-15)13-17-14-26-20(22-17)23-19(25)16-10-2-1-3-11-16/h1-3,10-11,14-15H,4-9,12-13H2,(H,21,24)(H,22,23,25). The van der Waals surface area contributed by atoms with Crippen molar-refractivity contribution in [1.29, 1.82) is 0 Å². The molecule has 5 nitrogen and oxygen atoms in total. The Kier molecular flexibility index (Phi) is 6.77. The Morgan fingerprint density at radius 3 is 2.69 bits per heavy atom. The Labute approximate surface area is 158 Å². The molecular formula is C20H25N3O2S. The first kappa shape index (κ1) is 18.6. The van der Waals surface area contributed by atoms with Crippen LogP contribution in [0.5, 0.6) is 0 Å². The zero-order valence-corrected chi connectivity index (χ0v) is 15.7. The number of nitrogens with one attached hydrogen (secondary N) is 2. The highest BCUT2D eigenvalue weighted by Crippen LogP contribution is 2.28. The molecule has 1 aliphatic rings. The summed E-state index contributed by atoms with van der Waals surface area (Å²) in [7, 11) is 0. The van der Waals surface area contributed by atoms with Crippen molar-refractivity contribution in [3.63, 3.8) is 0 Å². The average Bonchev–Trinajstić information content (AvgIpc) is 3.32. The summed E-state index contributed by atoms with van der Waals surface area (Å²) < 4.78 is 0. The Hall–Kier alpha value is -2.21. The van der Waals surface area contributed by atoms with Gasteiger partial charge in [-0.05, 0) is 30.9 Å². The largest absolute Gasteiger partial charge is 0.356 e. The lowest BCUT2D eigenvalue weighted by molar-refractivity contribution is -0.120. The van der Waals surface area contributed by atoms with Crippen molar-refractivity contribution >= 4 is 28.3 Å². The van der Waals surface area contributed by atoms with Crippen LogP contribution < -0.4 is 10.6 Å². The van der Waals surface area contributed by atoms with Crippen molar-refractivity contribution in [2.75, 3.05) is 11.9 Å². The van der Waals surface area contributed by atoms with E-state index in [2.05, 4.69) is 15.6 Å². The fourth-order valence-electron chi connectivity index (χ4n) is 3.35. The van der Waals surface area contributed by atoms with Gasteiger partial charge >= 0.3 is 0 Å². The van der Waals surface area contributed by atoms with E-state index >= 15 is 0 Å². The number of benzene rings is 1. The smallest absolute Gasteiger partial charge is 0.257 e. The molecule has 2 amide bonds. The molecule has 0 aliphatic heterocycles. The highest BCUT2D eigenvalue weighted by molar-refractivity contribution is 7.14. The predicted molar refractivity (Wildman–Crippen MR) is 104 cm³/mol. The average molecular weight is 372 g/mol. The predicted octanol–water partition coefficient (Wildman–Crippen LogP) is 4.02. The van der Waals surface area contributed by atoms with E-state index in [1.807, 2.05) is 23.6 Å². The van der Waals surface area contributed by atoms with Crippen LogP contribution in [0.4, 0.5) is 5.13 Å². The molecule has 26 heavy (non-hydrogen) atoms. The molecule has 3 rings (SSSR count). The number of aromatic nitrogens is 1. The van der Waals surface area contributed by atoms with E-state index in [0.717, 1.165) is 18.9 Å². The molecule has 0 unspecified atom stereocenters. The summed E-state index contributed by atoms with van der Waals surface area (Å²) in [5, 5.41) is 8.08. The summed E-state index contributed by atoms with van der Waals surface area (Å²) in [6.07, 6.45) is 7.95. The van der Waals surface area contributed by atoms with Crippen LogP contribution in [0, 0.1) is 5.92 Å². The van der Waals surface area contributed by atoms with Gasteiger partial charge < -0.3 is 5.32 Å². The molecule has 0 bridgehead atoms. The highest BCUT2D eigenvalue weighted by atomic mass is 32.1. The molecule has 1 aromatic carbocycles. The maximum Gasteiger partial charge on any atom is 0.257 e. The summed E-state index contributed by atoms with van der Waals surface area (Å²) in [6.45, 7) is 0.733. The zero-order valence-electron chi connectivity index (χ0n) is 14.9. The van der Waals surface area contributed by atoms with Crippen LogP contribution in [0.2, 0.25) is 0 Å². The molecule has 6 heteroatoms. The number of amides is 2. The van der Waals surface area contributed by atoms with Crippen LogP contribution in [0.25, 0.3) is 0 Å². The van der Waals surface area contributed by atoms with Gasteiger partial charge in [0.15, 0.2) is 5.13 Å². The van der Waals surface area contributed by atoms with Crippen molar-refractivity contribution in [3.05, 3.63) is 47.0 Å². The van der Waals surface area contributed by atoms with E-state index in [-0.39, 0.29) is 18.2 Å². The molecule has 1 fully saturated rings. The van der Waals surface area contributed by atoms with Crippen molar-refractivity contribution in [2.45, 2.75) is 44.9 Å². The zero-order chi connectivity index (χ0) is 18.2. The number of hydrogen-bond acceptors (Lipinski definition) is 4. The Bertz CT molecular complexity index is 724. The monoisotopic (exact) mass is 371 g/mol. The number of carbonyl (C=O) groups excluding carboxylic acids is 2. The first-order valence-corrected chi connectivity index (χ1v) is 10.2. The summed E-state index contributed by atoms with van der Waals surface area (Å²) in [4.78, 5) is 28.5. The minimum absolute atomic E-state index is 0.0114. The molecule has 0 atom stereocenters. The molecule has 1 aliphatic carbocycles. The number of nitrogens with zero attached hydrogens (tertiary/aromatic N) is 1. The molecule has 1 saturated carbocycles. The molecule has 138 valence electrons. The fourth-order valence-corrected chi connectivity index (χ4v) is 4.05. The van der Waals surface area contributed by atoms with Crippen molar-refractivity contribution in [1.82, 2.24) is 10.3 Å². The van der Waals surface area contributed by atoms with Gasteiger partial charge in [-0.3, -0.25) is 14.9 Å². The van der Waals surface area contributed by atoms with E-state index in [9.17, 15) is 9.59 Å².